The zero-order valence-corrected chi connectivity index (χ0v) is 12.9. The Labute approximate surface area is 117 Å². The Hall–Kier alpha value is -1.06. The fraction of sp³-hybridized carbons (Fsp3) is 0.625. The van der Waals surface area contributed by atoms with Crippen LogP contribution >= 0.6 is 0 Å². The van der Waals surface area contributed by atoms with Gasteiger partial charge in [0.25, 0.3) is 0 Å². The molecule has 1 unspecified atom stereocenters. The first kappa shape index (κ1) is 16.0. The molecular weight excluding hydrogens is 236 g/mol. The van der Waals surface area contributed by atoms with Gasteiger partial charge in [0.2, 0.25) is 0 Å². The van der Waals surface area contributed by atoms with Crippen molar-refractivity contribution in [3.63, 3.8) is 0 Å². The van der Waals surface area contributed by atoms with Crippen molar-refractivity contribution in [1.82, 2.24) is 10.6 Å². The molecule has 19 heavy (non-hydrogen) atoms. The molecule has 1 aromatic carbocycles. The van der Waals surface area contributed by atoms with Gasteiger partial charge in [0.1, 0.15) is 5.75 Å². The van der Waals surface area contributed by atoms with Crippen LogP contribution in [0.3, 0.4) is 0 Å². The van der Waals surface area contributed by atoms with Crippen molar-refractivity contribution in [2.75, 3.05) is 20.2 Å². The molecule has 1 rings (SSSR count). The Kier molecular flexibility index (Phi) is 6.32. The Bertz CT molecular complexity index is 371. The van der Waals surface area contributed by atoms with Gasteiger partial charge in [-0.2, -0.15) is 0 Å². The van der Waals surface area contributed by atoms with Crippen molar-refractivity contribution in [2.24, 2.45) is 0 Å². The standard InChI is InChI=1S/C16H28N2O/c1-13(12-18-16(2,3)4)17-11-10-14-8-6-7-9-15(14)19-5/h6-9,13,17-18H,10-12H2,1-5H3. The number of nitrogens with one attached hydrogen (secondary N) is 2. The van der Waals surface area contributed by atoms with Gasteiger partial charge >= 0.3 is 0 Å². The van der Waals surface area contributed by atoms with Gasteiger partial charge in [-0.05, 0) is 52.3 Å². The molecule has 108 valence electrons. The number of hydrogen-bond acceptors (Lipinski definition) is 3. The summed E-state index contributed by atoms with van der Waals surface area (Å²) in [7, 11) is 1.72. The van der Waals surface area contributed by atoms with E-state index in [0.717, 1.165) is 25.3 Å². The highest BCUT2D eigenvalue weighted by atomic mass is 16.5. The molecule has 1 atom stereocenters. The lowest BCUT2D eigenvalue weighted by atomic mass is 10.1. The minimum absolute atomic E-state index is 0.179. The maximum absolute atomic E-state index is 5.35. The van der Waals surface area contributed by atoms with Gasteiger partial charge in [-0.25, -0.2) is 0 Å². The van der Waals surface area contributed by atoms with E-state index in [2.05, 4.69) is 50.5 Å². The third-order valence-electron chi connectivity index (χ3n) is 3.02. The molecule has 0 amide bonds. The molecule has 0 spiro atoms. The topological polar surface area (TPSA) is 33.3 Å². The highest BCUT2D eigenvalue weighted by Gasteiger charge is 2.10. The molecule has 0 aromatic heterocycles. The van der Waals surface area contributed by atoms with Crippen LogP contribution < -0.4 is 15.4 Å². The second kappa shape index (κ2) is 7.51. The summed E-state index contributed by atoms with van der Waals surface area (Å²) in [5.74, 6) is 0.977. The van der Waals surface area contributed by atoms with Gasteiger partial charge in [0.15, 0.2) is 0 Å². The molecule has 0 bridgehead atoms. The fourth-order valence-corrected chi connectivity index (χ4v) is 1.89. The average Bonchev–Trinajstić information content (AvgIpc) is 2.36. The van der Waals surface area contributed by atoms with Crippen LogP contribution in [0.5, 0.6) is 5.75 Å². The number of rotatable bonds is 7. The molecule has 2 N–H and O–H groups in total. The van der Waals surface area contributed by atoms with E-state index in [0.29, 0.717) is 6.04 Å². The zero-order chi connectivity index (χ0) is 14.3. The summed E-state index contributed by atoms with van der Waals surface area (Å²) in [4.78, 5) is 0. The lowest BCUT2D eigenvalue weighted by Gasteiger charge is -2.24. The number of para-hydroxylation sites is 1. The molecule has 0 heterocycles. The molecule has 0 aliphatic heterocycles. The van der Waals surface area contributed by atoms with E-state index in [9.17, 15) is 0 Å². The van der Waals surface area contributed by atoms with Crippen molar-refractivity contribution in [3.8, 4) is 5.75 Å². The predicted octanol–water partition coefficient (Wildman–Crippen LogP) is 2.60. The summed E-state index contributed by atoms with van der Waals surface area (Å²) in [5.41, 5.74) is 1.44. The molecule has 3 heteroatoms. The molecule has 0 aliphatic carbocycles. The van der Waals surface area contributed by atoms with Gasteiger partial charge in [0, 0.05) is 18.1 Å². The molecule has 0 saturated heterocycles. The van der Waals surface area contributed by atoms with Gasteiger partial charge in [-0.1, -0.05) is 18.2 Å². The van der Waals surface area contributed by atoms with Crippen molar-refractivity contribution in [3.05, 3.63) is 29.8 Å². The smallest absolute Gasteiger partial charge is 0.122 e. The number of methoxy groups -OCH3 is 1. The number of benzene rings is 1. The van der Waals surface area contributed by atoms with Gasteiger partial charge in [-0.3, -0.25) is 0 Å². The first-order valence-electron chi connectivity index (χ1n) is 7.02. The van der Waals surface area contributed by atoms with Crippen LogP contribution in [0.4, 0.5) is 0 Å². The Morgan fingerprint density at radius 2 is 1.89 bits per heavy atom. The third-order valence-corrected chi connectivity index (χ3v) is 3.02. The summed E-state index contributed by atoms with van der Waals surface area (Å²) in [6.07, 6.45) is 0.990. The molecule has 0 radical (unpaired) electrons. The first-order valence-corrected chi connectivity index (χ1v) is 7.02. The molecule has 0 fully saturated rings. The van der Waals surface area contributed by atoms with E-state index >= 15 is 0 Å². The second-order valence-electron chi connectivity index (χ2n) is 6.05. The van der Waals surface area contributed by atoms with E-state index in [-0.39, 0.29) is 5.54 Å². The quantitative estimate of drug-likeness (QED) is 0.794. The van der Waals surface area contributed by atoms with E-state index in [4.69, 9.17) is 4.74 Å². The SMILES string of the molecule is COc1ccccc1CCNC(C)CNC(C)(C)C. The van der Waals surface area contributed by atoms with Gasteiger partial charge in [-0.15, -0.1) is 0 Å². The highest BCUT2D eigenvalue weighted by molar-refractivity contribution is 5.33. The Morgan fingerprint density at radius 1 is 1.21 bits per heavy atom. The highest BCUT2D eigenvalue weighted by Crippen LogP contribution is 2.17. The second-order valence-corrected chi connectivity index (χ2v) is 6.05. The monoisotopic (exact) mass is 264 g/mol. The third kappa shape index (κ3) is 6.60. The van der Waals surface area contributed by atoms with E-state index in [1.54, 1.807) is 7.11 Å². The van der Waals surface area contributed by atoms with E-state index in [1.807, 2.05) is 12.1 Å². The van der Waals surface area contributed by atoms with Gasteiger partial charge in [0.05, 0.1) is 7.11 Å². The summed E-state index contributed by atoms with van der Waals surface area (Å²) >= 11 is 0. The lowest BCUT2D eigenvalue weighted by Crippen LogP contribution is -2.45. The lowest BCUT2D eigenvalue weighted by molar-refractivity contribution is 0.387. The fourth-order valence-electron chi connectivity index (χ4n) is 1.89. The van der Waals surface area contributed by atoms with E-state index < -0.39 is 0 Å². The zero-order valence-electron chi connectivity index (χ0n) is 12.9. The first-order chi connectivity index (χ1) is 8.92. The van der Waals surface area contributed by atoms with Crippen molar-refractivity contribution < 1.29 is 4.74 Å². The van der Waals surface area contributed by atoms with Crippen LogP contribution in [0.2, 0.25) is 0 Å². The molecule has 1 aromatic rings. The summed E-state index contributed by atoms with van der Waals surface area (Å²) in [6.45, 7) is 10.7. The number of hydrogen-bond donors (Lipinski definition) is 2. The van der Waals surface area contributed by atoms with Gasteiger partial charge < -0.3 is 15.4 Å². The largest absolute Gasteiger partial charge is 0.496 e. The van der Waals surface area contributed by atoms with Crippen LogP contribution in [0.25, 0.3) is 0 Å². The minimum atomic E-state index is 0.179. The normalized spacial score (nSPS) is 13.3. The molecular formula is C16H28N2O. The maximum Gasteiger partial charge on any atom is 0.122 e. The van der Waals surface area contributed by atoms with Crippen LogP contribution in [0, 0.1) is 0 Å². The summed E-state index contributed by atoms with van der Waals surface area (Å²) in [6, 6.07) is 8.67. The van der Waals surface area contributed by atoms with Crippen LogP contribution in [-0.4, -0.2) is 31.8 Å². The maximum atomic E-state index is 5.35. The van der Waals surface area contributed by atoms with Crippen molar-refractivity contribution in [1.29, 1.82) is 0 Å². The Balaban J connectivity index is 2.30. The predicted molar refractivity (Wildman–Crippen MR) is 81.9 cm³/mol. The average molecular weight is 264 g/mol. The molecule has 3 nitrogen and oxygen atoms in total. The Morgan fingerprint density at radius 3 is 2.53 bits per heavy atom. The molecule has 0 aliphatic rings. The summed E-state index contributed by atoms with van der Waals surface area (Å²) < 4.78 is 5.35. The minimum Gasteiger partial charge on any atom is -0.496 e. The van der Waals surface area contributed by atoms with Crippen LogP contribution in [0.15, 0.2) is 24.3 Å². The van der Waals surface area contributed by atoms with Crippen molar-refractivity contribution in [2.45, 2.75) is 45.7 Å². The van der Waals surface area contributed by atoms with E-state index in [1.165, 1.54) is 5.56 Å². The van der Waals surface area contributed by atoms with Crippen LogP contribution in [0.1, 0.15) is 33.3 Å². The number of ether oxygens (including phenoxy) is 1. The molecule has 0 saturated carbocycles. The van der Waals surface area contributed by atoms with Crippen LogP contribution in [-0.2, 0) is 6.42 Å². The van der Waals surface area contributed by atoms with Crippen molar-refractivity contribution >= 4 is 0 Å². The summed E-state index contributed by atoms with van der Waals surface area (Å²) in [5, 5.41) is 7.04.